The summed E-state index contributed by atoms with van der Waals surface area (Å²) in [6.45, 7) is 8.20. The summed E-state index contributed by atoms with van der Waals surface area (Å²) in [5, 5.41) is 2.52. The van der Waals surface area contributed by atoms with E-state index in [1.807, 2.05) is 21.6 Å². The van der Waals surface area contributed by atoms with Gasteiger partial charge in [0.2, 0.25) is 0 Å². The Labute approximate surface area is 187 Å². The molecule has 0 bridgehead atoms. The molecule has 0 radical (unpaired) electrons. The maximum absolute atomic E-state index is 13.3. The number of carbonyl (C=O) groups is 1. The average molecular weight is 431 g/mol. The highest BCUT2D eigenvalue weighted by atomic mass is 32.2. The monoisotopic (exact) mass is 430 g/mol. The summed E-state index contributed by atoms with van der Waals surface area (Å²) in [5.74, 6) is 0.886. The number of carbonyl (C=O) groups excluding carboxylic acids is 1. The molecule has 0 atom stereocenters. The van der Waals surface area contributed by atoms with Crippen LogP contribution in [0, 0.1) is 0 Å². The topological polar surface area (TPSA) is 30.0 Å². The van der Waals surface area contributed by atoms with Crippen molar-refractivity contribution in [1.82, 2.24) is 19.6 Å². The first-order valence-electron chi connectivity index (χ1n) is 10.7. The number of fused-ring (bicyclic) bond motifs is 1. The molecule has 0 aliphatic heterocycles. The van der Waals surface area contributed by atoms with Gasteiger partial charge in [-0.05, 0) is 64.9 Å². The fourth-order valence-electron chi connectivity index (χ4n) is 3.22. The van der Waals surface area contributed by atoms with Crippen molar-refractivity contribution < 1.29 is 4.79 Å². The summed E-state index contributed by atoms with van der Waals surface area (Å²) in [7, 11) is 8.20. The Kier molecular flexibility index (Phi) is 9.95. The smallest absolute Gasteiger partial charge is 0.320 e. The van der Waals surface area contributed by atoms with E-state index < -0.39 is 0 Å². The number of amides is 2. The molecule has 0 fully saturated rings. The van der Waals surface area contributed by atoms with Crippen molar-refractivity contribution in [3.63, 3.8) is 0 Å². The standard InChI is InChI=1S/C24H38N4OS/c1-20(2)28(24(29)27(15-13-25(3)4)16-14-26(5)6)17-18-30-23-12-11-21-9-7-8-10-22(21)19-23/h7-12,19-20H,13-18H2,1-6H3. The Bertz CT molecular complexity index is 782. The molecule has 0 spiro atoms. The third-order valence-electron chi connectivity index (χ3n) is 5.10. The van der Waals surface area contributed by atoms with Crippen molar-refractivity contribution in [2.75, 3.05) is 66.7 Å². The van der Waals surface area contributed by atoms with Crippen LogP contribution < -0.4 is 0 Å². The normalized spacial score (nSPS) is 11.6. The van der Waals surface area contributed by atoms with Crippen LogP contribution in [-0.2, 0) is 0 Å². The Morgan fingerprint density at radius 1 is 0.833 bits per heavy atom. The maximum atomic E-state index is 13.3. The summed E-state index contributed by atoms with van der Waals surface area (Å²) < 4.78 is 0. The molecule has 2 aromatic carbocycles. The first-order valence-corrected chi connectivity index (χ1v) is 11.7. The van der Waals surface area contributed by atoms with E-state index in [0.29, 0.717) is 0 Å². The molecule has 0 heterocycles. The molecule has 5 nitrogen and oxygen atoms in total. The van der Waals surface area contributed by atoms with Crippen LogP contribution in [0.1, 0.15) is 13.8 Å². The Hall–Kier alpha value is -1.76. The van der Waals surface area contributed by atoms with Crippen molar-refractivity contribution in [3.05, 3.63) is 42.5 Å². The molecule has 0 aromatic heterocycles. The number of hydrogen-bond acceptors (Lipinski definition) is 4. The molecule has 0 aliphatic rings. The van der Waals surface area contributed by atoms with E-state index in [2.05, 4.69) is 94.3 Å². The van der Waals surface area contributed by atoms with E-state index in [1.54, 1.807) is 0 Å². The van der Waals surface area contributed by atoms with Crippen molar-refractivity contribution in [2.45, 2.75) is 24.8 Å². The van der Waals surface area contributed by atoms with E-state index in [9.17, 15) is 4.79 Å². The molecule has 0 saturated heterocycles. The molecule has 6 heteroatoms. The van der Waals surface area contributed by atoms with Crippen LogP contribution in [0.3, 0.4) is 0 Å². The molecule has 0 unspecified atom stereocenters. The van der Waals surface area contributed by atoms with Gasteiger partial charge in [-0.2, -0.15) is 0 Å². The second-order valence-corrected chi connectivity index (χ2v) is 9.69. The highest BCUT2D eigenvalue weighted by Crippen LogP contribution is 2.24. The Balaban J connectivity index is 1.99. The summed E-state index contributed by atoms with van der Waals surface area (Å²) in [6.07, 6.45) is 0. The van der Waals surface area contributed by atoms with E-state index in [4.69, 9.17) is 0 Å². The lowest BCUT2D eigenvalue weighted by Crippen LogP contribution is -2.50. The number of hydrogen-bond donors (Lipinski definition) is 0. The zero-order valence-electron chi connectivity index (χ0n) is 19.5. The van der Waals surface area contributed by atoms with Gasteiger partial charge in [0.1, 0.15) is 0 Å². The number of rotatable bonds is 11. The van der Waals surface area contributed by atoms with Gasteiger partial charge in [-0.1, -0.05) is 30.3 Å². The molecule has 0 saturated carbocycles. The van der Waals surface area contributed by atoms with Gasteiger partial charge in [0.05, 0.1) is 0 Å². The van der Waals surface area contributed by atoms with Crippen LogP contribution in [0.15, 0.2) is 47.4 Å². The average Bonchev–Trinajstić information content (AvgIpc) is 2.70. The van der Waals surface area contributed by atoms with E-state index in [0.717, 1.165) is 38.5 Å². The van der Waals surface area contributed by atoms with Gasteiger partial charge in [-0.3, -0.25) is 0 Å². The maximum Gasteiger partial charge on any atom is 0.320 e. The number of thioether (sulfide) groups is 1. The molecular weight excluding hydrogens is 392 g/mol. The number of benzene rings is 2. The van der Waals surface area contributed by atoms with E-state index in [-0.39, 0.29) is 12.1 Å². The van der Waals surface area contributed by atoms with Crippen LogP contribution in [0.2, 0.25) is 0 Å². The van der Waals surface area contributed by atoms with Crippen LogP contribution in [0.4, 0.5) is 4.79 Å². The number of likely N-dealkylation sites (N-methyl/N-ethyl adjacent to an activating group) is 2. The van der Waals surface area contributed by atoms with E-state index >= 15 is 0 Å². The quantitative estimate of drug-likeness (QED) is 0.500. The minimum absolute atomic E-state index is 0.146. The van der Waals surface area contributed by atoms with E-state index in [1.165, 1.54) is 15.7 Å². The molecule has 0 N–H and O–H groups in total. The zero-order chi connectivity index (χ0) is 22.1. The van der Waals surface area contributed by atoms with Gasteiger partial charge >= 0.3 is 6.03 Å². The fraction of sp³-hybridized carbons (Fsp3) is 0.542. The Morgan fingerprint density at radius 3 is 2.00 bits per heavy atom. The lowest BCUT2D eigenvalue weighted by Gasteiger charge is -2.34. The molecule has 30 heavy (non-hydrogen) atoms. The first-order chi connectivity index (χ1) is 14.3. The SMILES string of the molecule is CC(C)N(CCSc1ccc2ccccc2c1)C(=O)N(CCN(C)C)CCN(C)C. The number of urea groups is 1. The minimum atomic E-state index is 0.146. The predicted molar refractivity (Wildman–Crippen MR) is 131 cm³/mol. The zero-order valence-corrected chi connectivity index (χ0v) is 20.3. The van der Waals surface area contributed by atoms with Gasteiger partial charge in [0.15, 0.2) is 0 Å². The second kappa shape index (κ2) is 12.2. The molecule has 166 valence electrons. The molecule has 2 aromatic rings. The summed E-state index contributed by atoms with van der Waals surface area (Å²) in [6, 6.07) is 15.3. The van der Waals surface area contributed by atoms with Crippen molar-refractivity contribution in [3.8, 4) is 0 Å². The van der Waals surface area contributed by atoms with Gasteiger partial charge < -0.3 is 19.6 Å². The Morgan fingerprint density at radius 2 is 1.43 bits per heavy atom. The molecule has 2 rings (SSSR count). The van der Waals surface area contributed by atoms with Crippen LogP contribution in [0.5, 0.6) is 0 Å². The predicted octanol–water partition coefficient (Wildman–Crippen LogP) is 4.19. The lowest BCUT2D eigenvalue weighted by atomic mass is 10.1. The molecule has 0 aliphatic carbocycles. The van der Waals surface area contributed by atoms with Gasteiger partial charge in [-0.25, -0.2) is 4.79 Å². The second-order valence-electron chi connectivity index (χ2n) is 8.52. The molecule has 2 amide bonds. The fourth-order valence-corrected chi connectivity index (χ4v) is 4.12. The third-order valence-corrected chi connectivity index (χ3v) is 6.07. The van der Waals surface area contributed by atoms with Gasteiger partial charge in [-0.15, -0.1) is 11.8 Å². The first kappa shape index (κ1) is 24.5. The van der Waals surface area contributed by atoms with Crippen LogP contribution in [-0.4, -0.2) is 98.3 Å². The van der Waals surface area contributed by atoms with Gasteiger partial charge in [0.25, 0.3) is 0 Å². The molecular formula is C24H38N4OS. The largest absolute Gasteiger partial charge is 0.322 e. The number of nitrogens with zero attached hydrogens (tertiary/aromatic N) is 4. The van der Waals surface area contributed by atoms with Crippen molar-refractivity contribution in [2.24, 2.45) is 0 Å². The summed E-state index contributed by atoms with van der Waals surface area (Å²) in [5.41, 5.74) is 0. The van der Waals surface area contributed by atoms with Crippen LogP contribution in [0.25, 0.3) is 10.8 Å². The lowest BCUT2D eigenvalue weighted by molar-refractivity contribution is 0.136. The van der Waals surface area contributed by atoms with Crippen LogP contribution >= 0.6 is 11.8 Å². The highest BCUT2D eigenvalue weighted by molar-refractivity contribution is 7.99. The summed E-state index contributed by atoms with van der Waals surface area (Å²) in [4.78, 5) is 22.9. The summed E-state index contributed by atoms with van der Waals surface area (Å²) >= 11 is 1.82. The minimum Gasteiger partial charge on any atom is -0.322 e. The van der Waals surface area contributed by atoms with Gasteiger partial charge in [0, 0.05) is 49.4 Å². The van der Waals surface area contributed by atoms with Crippen molar-refractivity contribution >= 4 is 28.6 Å². The highest BCUT2D eigenvalue weighted by Gasteiger charge is 2.23. The van der Waals surface area contributed by atoms with Crippen molar-refractivity contribution in [1.29, 1.82) is 0 Å². The third kappa shape index (κ3) is 7.82.